The van der Waals surface area contributed by atoms with Gasteiger partial charge < -0.3 is 14.8 Å². The summed E-state index contributed by atoms with van der Waals surface area (Å²) in [6.07, 6.45) is 1.63. The van der Waals surface area contributed by atoms with Gasteiger partial charge in [-0.25, -0.2) is 4.98 Å². The van der Waals surface area contributed by atoms with Crippen molar-refractivity contribution >= 4 is 28.2 Å². The van der Waals surface area contributed by atoms with Crippen molar-refractivity contribution in [3.8, 4) is 5.75 Å². The van der Waals surface area contributed by atoms with E-state index in [9.17, 15) is 14.4 Å². The fourth-order valence-corrected chi connectivity index (χ4v) is 3.09. The third-order valence-electron chi connectivity index (χ3n) is 3.56. The highest BCUT2D eigenvalue weighted by atomic mass is 32.1. The maximum absolute atomic E-state index is 12.2. The molecule has 0 saturated carbocycles. The number of hydrogen-bond donors (Lipinski definition) is 1. The first-order chi connectivity index (χ1) is 13.1. The van der Waals surface area contributed by atoms with Crippen LogP contribution in [0.4, 0.5) is 0 Å². The van der Waals surface area contributed by atoms with Crippen LogP contribution in [0.1, 0.15) is 23.0 Å². The molecule has 1 aromatic carbocycles. The van der Waals surface area contributed by atoms with Gasteiger partial charge in [0.25, 0.3) is 11.5 Å². The number of rotatable bonds is 7. The largest absolute Gasteiger partial charge is 0.493 e. The van der Waals surface area contributed by atoms with Gasteiger partial charge in [-0.05, 0) is 19.1 Å². The number of esters is 1. The average Bonchev–Trinajstić information content (AvgIpc) is 3.14. The molecule has 0 bridgehead atoms. The molecule has 3 rings (SSSR count). The lowest BCUT2D eigenvalue weighted by atomic mass is 10.2. The molecule has 27 heavy (non-hydrogen) atoms. The minimum atomic E-state index is -0.634. The van der Waals surface area contributed by atoms with Crippen molar-refractivity contribution in [2.24, 2.45) is 0 Å². The number of carbonyl (C=O) groups is 2. The van der Waals surface area contributed by atoms with Gasteiger partial charge in [0.1, 0.15) is 18.9 Å². The summed E-state index contributed by atoms with van der Waals surface area (Å²) in [7, 11) is 0. The number of ether oxygens (including phenoxy) is 2. The predicted octanol–water partition coefficient (Wildman–Crippen LogP) is 1.63. The van der Waals surface area contributed by atoms with Crippen LogP contribution in [0.5, 0.6) is 5.75 Å². The molecule has 2 heterocycles. The Kier molecular flexibility index (Phi) is 5.82. The molecule has 0 saturated heterocycles. The lowest BCUT2D eigenvalue weighted by Gasteiger charge is -2.10. The molecule has 2 aromatic heterocycles. The summed E-state index contributed by atoms with van der Waals surface area (Å²) in [5.41, 5.74) is 0.446. The predicted molar refractivity (Wildman–Crippen MR) is 99.1 cm³/mol. The van der Waals surface area contributed by atoms with Crippen LogP contribution in [0.2, 0.25) is 0 Å². The molecule has 8 nitrogen and oxygen atoms in total. The number of nitrogens with one attached hydrogen (secondary N) is 1. The summed E-state index contributed by atoms with van der Waals surface area (Å²) in [6, 6.07) is 8.07. The first kappa shape index (κ1) is 18.6. The van der Waals surface area contributed by atoms with E-state index in [1.165, 1.54) is 21.8 Å². The van der Waals surface area contributed by atoms with Crippen LogP contribution in [-0.4, -0.2) is 34.4 Å². The van der Waals surface area contributed by atoms with Crippen LogP contribution in [0.3, 0.4) is 0 Å². The number of para-hydroxylation sites is 1. The molecule has 1 amide bonds. The molecule has 3 aromatic rings. The normalized spacial score (nSPS) is 10.6. The molecule has 0 radical (unpaired) electrons. The zero-order valence-corrected chi connectivity index (χ0v) is 15.3. The first-order valence-electron chi connectivity index (χ1n) is 8.20. The summed E-state index contributed by atoms with van der Waals surface area (Å²) >= 11 is 1.31. The lowest BCUT2D eigenvalue weighted by molar-refractivity contribution is -0.143. The third-order valence-corrected chi connectivity index (χ3v) is 4.32. The zero-order chi connectivity index (χ0) is 19.2. The average molecular weight is 387 g/mol. The van der Waals surface area contributed by atoms with Crippen molar-refractivity contribution < 1.29 is 19.1 Å². The number of nitrogens with zero attached hydrogens (tertiary/aromatic N) is 2. The van der Waals surface area contributed by atoms with E-state index in [4.69, 9.17) is 9.47 Å². The molecule has 0 atom stereocenters. The van der Waals surface area contributed by atoms with Crippen molar-refractivity contribution in [2.75, 3.05) is 13.2 Å². The molecule has 140 valence electrons. The van der Waals surface area contributed by atoms with E-state index in [-0.39, 0.29) is 18.7 Å². The summed E-state index contributed by atoms with van der Waals surface area (Å²) in [5, 5.41) is 4.24. The number of thiazole rings is 1. The molecule has 0 aliphatic rings. The quantitative estimate of drug-likeness (QED) is 0.619. The van der Waals surface area contributed by atoms with Gasteiger partial charge >= 0.3 is 5.97 Å². The molecule has 0 unspecified atom stereocenters. The number of fused-ring (bicyclic) bond motifs is 1. The van der Waals surface area contributed by atoms with Gasteiger partial charge in [0.05, 0.1) is 17.9 Å². The Bertz CT molecular complexity index is 1030. The summed E-state index contributed by atoms with van der Waals surface area (Å²) in [4.78, 5) is 40.8. The van der Waals surface area contributed by atoms with Crippen molar-refractivity contribution in [2.45, 2.75) is 13.5 Å². The second-order valence-electron chi connectivity index (χ2n) is 5.41. The summed E-state index contributed by atoms with van der Waals surface area (Å²) in [5.74, 6) is -0.627. The molecule has 0 spiro atoms. The van der Waals surface area contributed by atoms with Crippen LogP contribution in [0, 0.1) is 0 Å². The number of amides is 1. The fourth-order valence-electron chi connectivity index (χ4n) is 2.35. The van der Waals surface area contributed by atoms with E-state index in [0.717, 1.165) is 0 Å². The molecule has 0 fully saturated rings. The second kappa shape index (κ2) is 8.45. The number of hydrogen-bond acceptors (Lipinski definition) is 7. The highest BCUT2D eigenvalue weighted by Crippen LogP contribution is 2.17. The number of aromatic nitrogens is 2. The third kappa shape index (κ3) is 4.50. The topological polar surface area (TPSA) is 99.0 Å². The second-order valence-corrected chi connectivity index (χ2v) is 6.29. The van der Waals surface area contributed by atoms with E-state index in [2.05, 4.69) is 10.3 Å². The van der Waals surface area contributed by atoms with Crippen molar-refractivity contribution in [3.05, 3.63) is 63.5 Å². The van der Waals surface area contributed by atoms with Gasteiger partial charge in [-0.2, -0.15) is 0 Å². The van der Waals surface area contributed by atoms with E-state index in [0.29, 0.717) is 28.6 Å². The Morgan fingerprint density at radius 2 is 2.11 bits per heavy atom. The Morgan fingerprint density at radius 1 is 1.30 bits per heavy atom. The lowest BCUT2D eigenvalue weighted by Crippen LogP contribution is -2.31. The standard InChI is InChI=1S/C18H17N3O5S/c1-2-25-14-6-4-3-5-13(14)17(24)19-10-16(23)26-11-12-9-15(22)21-7-8-27-18(21)20-12/h3-9H,2,10-11H2,1H3,(H,19,24). The number of benzene rings is 1. The van der Waals surface area contributed by atoms with E-state index >= 15 is 0 Å². The van der Waals surface area contributed by atoms with Crippen molar-refractivity contribution in [1.82, 2.24) is 14.7 Å². The molecular formula is C18H17N3O5S. The van der Waals surface area contributed by atoms with E-state index in [1.807, 2.05) is 6.92 Å². The smallest absolute Gasteiger partial charge is 0.325 e. The van der Waals surface area contributed by atoms with Gasteiger partial charge in [-0.15, -0.1) is 11.3 Å². The maximum atomic E-state index is 12.2. The molecule has 0 aliphatic heterocycles. The Balaban J connectivity index is 1.55. The van der Waals surface area contributed by atoms with Gasteiger partial charge in [-0.1, -0.05) is 12.1 Å². The van der Waals surface area contributed by atoms with Gasteiger partial charge in [0.2, 0.25) is 0 Å². The van der Waals surface area contributed by atoms with Crippen LogP contribution >= 0.6 is 11.3 Å². The highest BCUT2D eigenvalue weighted by molar-refractivity contribution is 7.15. The maximum Gasteiger partial charge on any atom is 0.325 e. The number of carbonyl (C=O) groups excluding carboxylic acids is 2. The van der Waals surface area contributed by atoms with Crippen LogP contribution in [0.15, 0.2) is 46.7 Å². The summed E-state index contributed by atoms with van der Waals surface area (Å²) in [6.45, 7) is 1.79. The fraction of sp³-hybridized carbons (Fsp3) is 0.222. The van der Waals surface area contributed by atoms with Crippen LogP contribution in [0.25, 0.3) is 4.96 Å². The Hall–Kier alpha value is -3.20. The van der Waals surface area contributed by atoms with Gasteiger partial charge in [-0.3, -0.25) is 18.8 Å². The molecule has 9 heteroatoms. The molecule has 0 aliphatic carbocycles. The van der Waals surface area contributed by atoms with Gasteiger partial charge in [0.15, 0.2) is 4.96 Å². The minimum absolute atomic E-state index is 0.145. The van der Waals surface area contributed by atoms with Crippen LogP contribution in [-0.2, 0) is 16.1 Å². The van der Waals surface area contributed by atoms with E-state index in [1.54, 1.807) is 35.8 Å². The summed E-state index contributed by atoms with van der Waals surface area (Å²) < 4.78 is 11.9. The molecule has 1 N–H and O–H groups in total. The van der Waals surface area contributed by atoms with E-state index < -0.39 is 11.9 Å². The van der Waals surface area contributed by atoms with Gasteiger partial charge in [0, 0.05) is 17.6 Å². The first-order valence-corrected chi connectivity index (χ1v) is 9.08. The van der Waals surface area contributed by atoms with Crippen LogP contribution < -0.4 is 15.6 Å². The van der Waals surface area contributed by atoms with Crippen molar-refractivity contribution in [1.29, 1.82) is 0 Å². The SMILES string of the molecule is CCOc1ccccc1C(=O)NCC(=O)OCc1cc(=O)n2ccsc2n1. The Morgan fingerprint density at radius 3 is 2.93 bits per heavy atom. The molecular weight excluding hydrogens is 370 g/mol. The highest BCUT2D eigenvalue weighted by Gasteiger charge is 2.14. The monoisotopic (exact) mass is 387 g/mol. The Labute approximate surface area is 158 Å². The van der Waals surface area contributed by atoms with Crippen molar-refractivity contribution in [3.63, 3.8) is 0 Å². The zero-order valence-electron chi connectivity index (χ0n) is 14.5. The minimum Gasteiger partial charge on any atom is -0.493 e.